The van der Waals surface area contributed by atoms with Crippen LogP contribution in [0.25, 0.3) is 0 Å². The third-order valence-corrected chi connectivity index (χ3v) is 4.35. The lowest BCUT2D eigenvalue weighted by Gasteiger charge is -2.32. The number of amides is 1. The van der Waals surface area contributed by atoms with Crippen LogP contribution in [0.2, 0.25) is 0 Å². The maximum absolute atomic E-state index is 12.8. The van der Waals surface area contributed by atoms with Gasteiger partial charge >= 0.3 is 0 Å². The van der Waals surface area contributed by atoms with E-state index in [0.717, 1.165) is 19.4 Å². The van der Waals surface area contributed by atoms with Gasteiger partial charge in [0, 0.05) is 19.5 Å². The van der Waals surface area contributed by atoms with Gasteiger partial charge in [-0.05, 0) is 38.0 Å². The smallest absolute Gasteiger partial charge is 0.291 e. The Kier molecular flexibility index (Phi) is 4.51. The summed E-state index contributed by atoms with van der Waals surface area (Å²) in [5, 5.41) is 0. The molecule has 1 saturated heterocycles. The van der Waals surface area contributed by atoms with Crippen molar-refractivity contribution in [1.29, 1.82) is 0 Å². The van der Waals surface area contributed by atoms with Crippen molar-refractivity contribution in [1.82, 2.24) is 9.88 Å². The summed E-state index contributed by atoms with van der Waals surface area (Å²) in [5.41, 5.74) is 0.701. The molecule has 1 aliphatic heterocycles. The standard InChI is InChI=1S/C16H26N2O2/c1-10(2)14-7-6-11(3)8-9-18(14)16(19)15-12(4)17-13(5)20-15/h10-11,14H,6-9H2,1-5H3/t11-,14+/m0/s1. The highest BCUT2D eigenvalue weighted by Gasteiger charge is 2.32. The van der Waals surface area contributed by atoms with E-state index >= 15 is 0 Å². The van der Waals surface area contributed by atoms with Crippen LogP contribution in [0.5, 0.6) is 0 Å². The molecule has 1 amide bonds. The van der Waals surface area contributed by atoms with Crippen molar-refractivity contribution in [3.05, 3.63) is 17.3 Å². The highest BCUT2D eigenvalue weighted by atomic mass is 16.4. The van der Waals surface area contributed by atoms with Crippen molar-refractivity contribution in [2.45, 2.75) is 59.9 Å². The van der Waals surface area contributed by atoms with Crippen LogP contribution in [0.15, 0.2) is 4.42 Å². The van der Waals surface area contributed by atoms with Crippen LogP contribution in [0.3, 0.4) is 0 Å². The second-order valence-electron chi connectivity index (χ2n) is 6.43. The van der Waals surface area contributed by atoms with Crippen LogP contribution >= 0.6 is 0 Å². The summed E-state index contributed by atoms with van der Waals surface area (Å²) in [4.78, 5) is 19.0. The number of hydrogen-bond donors (Lipinski definition) is 0. The first kappa shape index (κ1) is 15.1. The van der Waals surface area contributed by atoms with E-state index in [1.165, 1.54) is 6.42 Å². The van der Waals surface area contributed by atoms with Crippen molar-refractivity contribution >= 4 is 5.91 Å². The van der Waals surface area contributed by atoms with Gasteiger partial charge in [-0.3, -0.25) is 4.79 Å². The van der Waals surface area contributed by atoms with Crippen LogP contribution in [0.4, 0.5) is 0 Å². The molecular formula is C16H26N2O2. The topological polar surface area (TPSA) is 46.3 Å². The fourth-order valence-electron chi connectivity index (χ4n) is 3.09. The van der Waals surface area contributed by atoms with Crippen LogP contribution < -0.4 is 0 Å². The summed E-state index contributed by atoms with van der Waals surface area (Å²) in [7, 11) is 0. The average molecular weight is 278 g/mol. The van der Waals surface area contributed by atoms with Crippen LogP contribution in [0.1, 0.15) is 62.2 Å². The molecule has 2 rings (SSSR count). The first-order chi connectivity index (χ1) is 9.40. The van der Waals surface area contributed by atoms with Crippen LogP contribution in [-0.4, -0.2) is 28.4 Å². The monoisotopic (exact) mass is 278 g/mol. The van der Waals surface area contributed by atoms with Gasteiger partial charge in [0.1, 0.15) is 0 Å². The average Bonchev–Trinajstić information content (AvgIpc) is 2.59. The minimum absolute atomic E-state index is 0.0101. The zero-order valence-corrected chi connectivity index (χ0v) is 13.3. The summed E-state index contributed by atoms with van der Waals surface area (Å²) < 4.78 is 5.52. The molecule has 2 atom stereocenters. The number of aryl methyl sites for hydroxylation is 2. The molecule has 2 heterocycles. The Labute approximate surface area is 121 Å². The van der Waals surface area contributed by atoms with Crippen LogP contribution in [-0.2, 0) is 0 Å². The molecule has 1 aliphatic rings. The van der Waals surface area contributed by atoms with Gasteiger partial charge in [0.15, 0.2) is 5.89 Å². The van der Waals surface area contributed by atoms with E-state index in [9.17, 15) is 4.79 Å². The van der Waals surface area contributed by atoms with Crippen molar-refractivity contribution in [3.8, 4) is 0 Å². The lowest BCUT2D eigenvalue weighted by atomic mass is 9.95. The molecule has 0 N–H and O–H groups in total. The fourth-order valence-corrected chi connectivity index (χ4v) is 3.09. The van der Waals surface area contributed by atoms with E-state index in [-0.39, 0.29) is 5.91 Å². The summed E-state index contributed by atoms with van der Waals surface area (Å²) in [6.07, 6.45) is 3.35. The van der Waals surface area contributed by atoms with Gasteiger partial charge < -0.3 is 9.32 Å². The lowest BCUT2D eigenvalue weighted by molar-refractivity contribution is 0.0596. The second kappa shape index (κ2) is 5.98. The van der Waals surface area contributed by atoms with Gasteiger partial charge in [0.25, 0.3) is 5.91 Å². The van der Waals surface area contributed by atoms with Gasteiger partial charge in [-0.2, -0.15) is 0 Å². The summed E-state index contributed by atoms with van der Waals surface area (Å²) in [6, 6.07) is 0.303. The number of hydrogen-bond acceptors (Lipinski definition) is 3. The number of nitrogens with zero attached hydrogens (tertiary/aromatic N) is 2. The number of aromatic nitrogens is 1. The van der Waals surface area contributed by atoms with Crippen LogP contribution in [0, 0.1) is 25.7 Å². The van der Waals surface area contributed by atoms with Gasteiger partial charge in [-0.15, -0.1) is 0 Å². The number of rotatable bonds is 2. The van der Waals surface area contributed by atoms with Crippen molar-refractivity contribution in [2.24, 2.45) is 11.8 Å². The third-order valence-electron chi connectivity index (χ3n) is 4.35. The molecule has 0 aromatic carbocycles. The van der Waals surface area contributed by atoms with E-state index in [1.54, 1.807) is 6.92 Å². The predicted octanol–water partition coefficient (Wildman–Crippen LogP) is 3.58. The quantitative estimate of drug-likeness (QED) is 0.830. The molecule has 0 bridgehead atoms. The molecule has 20 heavy (non-hydrogen) atoms. The number of carbonyl (C=O) groups excluding carboxylic acids is 1. The fraction of sp³-hybridized carbons (Fsp3) is 0.750. The molecular weight excluding hydrogens is 252 g/mol. The Balaban J connectivity index is 2.26. The maximum atomic E-state index is 12.8. The molecule has 0 unspecified atom stereocenters. The molecule has 4 nitrogen and oxygen atoms in total. The Bertz CT molecular complexity index is 479. The molecule has 1 aromatic heterocycles. The molecule has 0 saturated carbocycles. The molecule has 1 aromatic rings. The minimum Gasteiger partial charge on any atom is -0.436 e. The van der Waals surface area contributed by atoms with E-state index in [2.05, 4.69) is 25.8 Å². The van der Waals surface area contributed by atoms with E-state index < -0.39 is 0 Å². The second-order valence-corrected chi connectivity index (χ2v) is 6.43. The van der Waals surface area contributed by atoms with Gasteiger partial charge in [-0.25, -0.2) is 4.98 Å². The van der Waals surface area contributed by atoms with E-state index in [0.29, 0.717) is 35.2 Å². The number of carbonyl (C=O) groups is 1. The molecule has 4 heteroatoms. The lowest BCUT2D eigenvalue weighted by Crippen LogP contribution is -2.43. The van der Waals surface area contributed by atoms with Crippen molar-refractivity contribution < 1.29 is 9.21 Å². The Morgan fingerprint density at radius 1 is 1.30 bits per heavy atom. The molecule has 112 valence electrons. The minimum atomic E-state index is 0.0101. The van der Waals surface area contributed by atoms with E-state index in [1.807, 2.05) is 11.8 Å². The Morgan fingerprint density at radius 2 is 2.00 bits per heavy atom. The zero-order valence-electron chi connectivity index (χ0n) is 13.3. The molecule has 0 spiro atoms. The van der Waals surface area contributed by atoms with Gasteiger partial charge in [0.2, 0.25) is 5.76 Å². The first-order valence-corrected chi connectivity index (χ1v) is 7.65. The largest absolute Gasteiger partial charge is 0.436 e. The summed E-state index contributed by atoms with van der Waals surface area (Å²) in [5.74, 6) is 2.15. The normalized spacial score (nSPS) is 24.0. The van der Waals surface area contributed by atoms with Gasteiger partial charge in [-0.1, -0.05) is 20.8 Å². The maximum Gasteiger partial charge on any atom is 0.291 e. The Morgan fingerprint density at radius 3 is 2.55 bits per heavy atom. The SMILES string of the molecule is Cc1nc(C)c(C(=O)N2CC[C@@H](C)CC[C@@H]2C(C)C)o1. The Hall–Kier alpha value is -1.32. The molecule has 1 fully saturated rings. The highest BCUT2D eigenvalue weighted by molar-refractivity contribution is 5.92. The first-order valence-electron chi connectivity index (χ1n) is 7.65. The van der Waals surface area contributed by atoms with Gasteiger partial charge in [0.05, 0.1) is 5.69 Å². The highest BCUT2D eigenvalue weighted by Crippen LogP contribution is 2.28. The molecule has 0 radical (unpaired) electrons. The summed E-state index contributed by atoms with van der Waals surface area (Å²) >= 11 is 0. The summed E-state index contributed by atoms with van der Waals surface area (Å²) in [6.45, 7) is 11.1. The predicted molar refractivity (Wildman–Crippen MR) is 78.7 cm³/mol. The molecule has 0 aliphatic carbocycles. The van der Waals surface area contributed by atoms with Crippen molar-refractivity contribution in [2.75, 3.05) is 6.54 Å². The zero-order chi connectivity index (χ0) is 14.9. The number of likely N-dealkylation sites (tertiary alicyclic amines) is 1. The number of oxazole rings is 1. The van der Waals surface area contributed by atoms with Crippen molar-refractivity contribution in [3.63, 3.8) is 0 Å². The van der Waals surface area contributed by atoms with E-state index in [4.69, 9.17) is 4.42 Å². The third kappa shape index (κ3) is 3.05.